The van der Waals surface area contributed by atoms with Gasteiger partial charge in [0.25, 0.3) is 5.91 Å². The molecule has 0 unspecified atom stereocenters. The molecule has 0 aliphatic rings. The van der Waals surface area contributed by atoms with Crippen molar-refractivity contribution in [3.05, 3.63) is 34.3 Å². The summed E-state index contributed by atoms with van der Waals surface area (Å²) in [7, 11) is 0. The highest BCUT2D eigenvalue weighted by atomic mass is 79.9. The van der Waals surface area contributed by atoms with E-state index in [1.165, 1.54) is 0 Å². The highest BCUT2D eigenvalue weighted by Crippen LogP contribution is 2.17. The van der Waals surface area contributed by atoms with Gasteiger partial charge in [-0.15, -0.1) is 0 Å². The number of rotatable bonds is 4. The molecule has 0 aliphatic heterocycles. The van der Waals surface area contributed by atoms with Gasteiger partial charge in [0.1, 0.15) is 0 Å². The van der Waals surface area contributed by atoms with Gasteiger partial charge in [-0.2, -0.15) is 0 Å². The number of halogens is 1. The van der Waals surface area contributed by atoms with Gasteiger partial charge in [-0.3, -0.25) is 4.79 Å². The van der Waals surface area contributed by atoms with Crippen LogP contribution < -0.4 is 0 Å². The minimum absolute atomic E-state index is 0.104. The lowest BCUT2D eigenvalue weighted by Crippen LogP contribution is -2.31. The third-order valence-electron chi connectivity index (χ3n) is 2.27. The van der Waals surface area contributed by atoms with E-state index in [-0.39, 0.29) is 5.91 Å². The number of hydrogen-bond acceptors (Lipinski definition) is 1. The summed E-state index contributed by atoms with van der Waals surface area (Å²) in [5.41, 5.74) is 0.743. The Labute approximate surface area is 99.4 Å². The normalized spacial score (nSPS) is 10.1. The molecule has 3 heteroatoms. The largest absolute Gasteiger partial charge is 0.339 e. The van der Waals surface area contributed by atoms with Gasteiger partial charge in [-0.25, -0.2) is 0 Å². The summed E-state index contributed by atoms with van der Waals surface area (Å²) < 4.78 is 0.865. The second-order valence-corrected chi connectivity index (χ2v) is 4.22. The van der Waals surface area contributed by atoms with Gasteiger partial charge < -0.3 is 4.90 Å². The first-order valence-corrected chi connectivity index (χ1v) is 6.03. The lowest BCUT2D eigenvalue weighted by atomic mass is 10.2. The van der Waals surface area contributed by atoms with Gasteiger partial charge in [0.05, 0.1) is 5.56 Å². The summed E-state index contributed by atoms with van der Waals surface area (Å²) >= 11 is 3.40. The van der Waals surface area contributed by atoms with Gasteiger partial charge in [0.15, 0.2) is 0 Å². The number of carbonyl (C=O) groups excluding carboxylic acids is 1. The van der Waals surface area contributed by atoms with E-state index in [0.717, 1.165) is 29.5 Å². The third kappa shape index (κ3) is 3.06. The fourth-order valence-electron chi connectivity index (χ4n) is 1.48. The molecule has 1 aromatic rings. The van der Waals surface area contributed by atoms with Crippen molar-refractivity contribution in [3.63, 3.8) is 0 Å². The van der Waals surface area contributed by atoms with Crippen molar-refractivity contribution in [2.45, 2.75) is 20.3 Å². The maximum Gasteiger partial charge on any atom is 0.254 e. The third-order valence-corrected chi connectivity index (χ3v) is 2.96. The number of benzene rings is 1. The Morgan fingerprint density at radius 3 is 2.53 bits per heavy atom. The predicted octanol–water partition coefficient (Wildman–Crippen LogP) is 3.32. The van der Waals surface area contributed by atoms with E-state index in [0.29, 0.717) is 0 Å². The first-order valence-electron chi connectivity index (χ1n) is 5.24. The van der Waals surface area contributed by atoms with Crippen LogP contribution in [0.4, 0.5) is 0 Å². The van der Waals surface area contributed by atoms with Crippen molar-refractivity contribution in [1.82, 2.24) is 4.90 Å². The minimum atomic E-state index is 0.104. The molecule has 0 heterocycles. The maximum absolute atomic E-state index is 12.1. The van der Waals surface area contributed by atoms with Crippen LogP contribution in [0.25, 0.3) is 0 Å². The molecule has 1 aromatic carbocycles. The van der Waals surface area contributed by atoms with E-state index in [9.17, 15) is 4.79 Å². The van der Waals surface area contributed by atoms with Crippen molar-refractivity contribution < 1.29 is 4.79 Å². The van der Waals surface area contributed by atoms with E-state index >= 15 is 0 Å². The standard InChI is InChI=1S/C12H16BrNO/c1-3-9-14(4-2)12(15)10-7-5-6-8-11(10)13/h5-8H,3-4,9H2,1-2H3. The summed E-state index contributed by atoms with van der Waals surface area (Å²) in [6, 6.07) is 7.55. The lowest BCUT2D eigenvalue weighted by Gasteiger charge is -2.20. The van der Waals surface area contributed by atoms with Gasteiger partial charge in [0, 0.05) is 17.6 Å². The van der Waals surface area contributed by atoms with E-state index in [4.69, 9.17) is 0 Å². The lowest BCUT2D eigenvalue weighted by molar-refractivity contribution is 0.0763. The molecule has 15 heavy (non-hydrogen) atoms. The van der Waals surface area contributed by atoms with Crippen LogP contribution in [0, 0.1) is 0 Å². The molecule has 2 nitrogen and oxygen atoms in total. The molecule has 0 N–H and O–H groups in total. The summed E-state index contributed by atoms with van der Waals surface area (Å²) in [5, 5.41) is 0. The van der Waals surface area contributed by atoms with Gasteiger partial charge in [-0.05, 0) is 41.4 Å². The monoisotopic (exact) mass is 269 g/mol. The quantitative estimate of drug-likeness (QED) is 0.821. The van der Waals surface area contributed by atoms with Gasteiger partial charge >= 0.3 is 0 Å². The maximum atomic E-state index is 12.1. The first kappa shape index (κ1) is 12.2. The van der Waals surface area contributed by atoms with Crippen molar-refractivity contribution in [1.29, 1.82) is 0 Å². The molecule has 0 radical (unpaired) electrons. The molecule has 0 saturated carbocycles. The molecular weight excluding hydrogens is 254 g/mol. The minimum Gasteiger partial charge on any atom is -0.339 e. The molecule has 0 spiro atoms. The topological polar surface area (TPSA) is 20.3 Å². The second kappa shape index (κ2) is 5.91. The van der Waals surface area contributed by atoms with E-state index in [2.05, 4.69) is 22.9 Å². The predicted molar refractivity (Wildman–Crippen MR) is 66.0 cm³/mol. The number of hydrogen-bond donors (Lipinski definition) is 0. The summed E-state index contributed by atoms with van der Waals surface area (Å²) in [4.78, 5) is 13.9. The average Bonchev–Trinajstić information content (AvgIpc) is 2.25. The fraction of sp³-hybridized carbons (Fsp3) is 0.417. The molecule has 0 aromatic heterocycles. The zero-order chi connectivity index (χ0) is 11.3. The fourth-order valence-corrected chi connectivity index (χ4v) is 1.93. The van der Waals surface area contributed by atoms with Gasteiger partial charge in [0.2, 0.25) is 0 Å². The van der Waals surface area contributed by atoms with Gasteiger partial charge in [-0.1, -0.05) is 19.1 Å². The van der Waals surface area contributed by atoms with Crippen LogP contribution >= 0.6 is 15.9 Å². The molecule has 0 bridgehead atoms. The molecule has 0 atom stereocenters. The highest BCUT2D eigenvalue weighted by Gasteiger charge is 2.15. The summed E-state index contributed by atoms with van der Waals surface area (Å²) in [6.07, 6.45) is 0.990. The Balaban J connectivity index is 2.88. The summed E-state index contributed by atoms with van der Waals surface area (Å²) in [5.74, 6) is 0.104. The van der Waals surface area contributed by atoms with E-state index < -0.39 is 0 Å². The zero-order valence-electron chi connectivity index (χ0n) is 9.16. The van der Waals surface area contributed by atoms with Crippen LogP contribution in [-0.2, 0) is 0 Å². The van der Waals surface area contributed by atoms with E-state index in [1.807, 2.05) is 36.1 Å². The SMILES string of the molecule is CCCN(CC)C(=O)c1ccccc1Br. The van der Waals surface area contributed by atoms with Crippen molar-refractivity contribution in [3.8, 4) is 0 Å². The number of nitrogens with zero attached hydrogens (tertiary/aromatic N) is 1. The van der Waals surface area contributed by atoms with Crippen LogP contribution in [0.15, 0.2) is 28.7 Å². The molecule has 0 fully saturated rings. The average molecular weight is 270 g/mol. The molecule has 82 valence electrons. The van der Waals surface area contributed by atoms with Crippen molar-refractivity contribution in [2.24, 2.45) is 0 Å². The number of carbonyl (C=O) groups is 1. The highest BCUT2D eigenvalue weighted by molar-refractivity contribution is 9.10. The smallest absolute Gasteiger partial charge is 0.254 e. The zero-order valence-corrected chi connectivity index (χ0v) is 10.8. The second-order valence-electron chi connectivity index (χ2n) is 3.36. The Bertz CT molecular complexity index is 338. The Kier molecular flexibility index (Phi) is 4.82. The molecule has 0 aliphatic carbocycles. The molecule has 1 rings (SSSR count). The van der Waals surface area contributed by atoms with Crippen molar-refractivity contribution in [2.75, 3.05) is 13.1 Å². The van der Waals surface area contributed by atoms with Crippen LogP contribution in [0.1, 0.15) is 30.6 Å². The summed E-state index contributed by atoms with van der Waals surface area (Å²) in [6.45, 7) is 5.66. The number of amides is 1. The Morgan fingerprint density at radius 1 is 1.33 bits per heavy atom. The first-order chi connectivity index (χ1) is 7.20. The van der Waals surface area contributed by atoms with Crippen LogP contribution in [0.5, 0.6) is 0 Å². The molecule has 0 saturated heterocycles. The Morgan fingerprint density at radius 2 is 2.00 bits per heavy atom. The molecular formula is C12H16BrNO. The van der Waals surface area contributed by atoms with Crippen LogP contribution in [0.3, 0.4) is 0 Å². The Hall–Kier alpha value is -0.830. The molecule has 1 amide bonds. The van der Waals surface area contributed by atoms with Crippen molar-refractivity contribution >= 4 is 21.8 Å². The van der Waals surface area contributed by atoms with Crippen LogP contribution in [0.2, 0.25) is 0 Å². The van der Waals surface area contributed by atoms with E-state index in [1.54, 1.807) is 0 Å². The van der Waals surface area contributed by atoms with Crippen LogP contribution in [-0.4, -0.2) is 23.9 Å².